The molecule has 0 saturated carbocycles. The molecule has 0 aromatic carbocycles. The van der Waals surface area contributed by atoms with Crippen LogP contribution in [0.5, 0.6) is 0 Å². The lowest BCUT2D eigenvalue weighted by atomic mass is 10.2. The first-order valence-corrected chi connectivity index (χ1v) is 6.16. The molecule has 1 rings (SSSR count). The maximum Gasteiger partial charge on any atom is 0.339 e. The number of aromatic nitrogens is 1. The quantitative estimate of drug-likeness (QED) is 0.750. The summed E-state index contributed by atoms with van der Waals surface area (Å²) in [4.78, 5) is 14.5. The fourth-order valence-electron chi connectivity index (χ4n) is 1.17. The minimum Gasteiger partial charge on any atom is -0.478 e. The zero-order valence-electron chi connectivity index (χ0n) is 8.86. The number of pyridine rings is 1. The van der Waals surface area contributed by atoms with Crippen molar-refractivity contribution in [1.82, 2.24) is 4.98 Å². The molecule has 1 aromatic rings. The second kappa shape index (κ2) is 6.32. The van der Waals surface area contributed by atoms with E-state index < -0.39 is 11.8 Å². The number of thioether (sulfide) groups is 1. The Balaban J connectivity index is 2.67. The van der Waals surface area contributed by atoms with Crippen LogP contribution in [0.2, 0.25) is 0 Å². The van der Waals surface area contributed by atoms with E-state index in [-0.39, 0.29) is 11.4 Å². The summed E-state index contributed by atoms with van der Waals surface area (Å²) in [6.07, 6.45) is 3.90. The van der Waals surface area contributed by atoms with Crippen LogP contribution in [-0.4, -0.2) is 34.6 Å². The molecule has 0 spiro atoms. The summed E-state index contributed by atoms with van der Waals surface area (Å²) in [7, 11) is 0. The van der Waals surface area contributed by atoms with Gasteiger partial charge in [-0.1, -0.05) is 0 Å². The summed E-state index contributed by atoms with van der Waals surface area (Å²) < 4.78 is 12.8. The van der Waals surface area contributed by atoms with E-state index >= 15 is 0 Å². The maximum absolute atomic E-state index is 12.8. The van der Waals surface area contributed by atoms with Crippen LogP contribution in [0, 0.1) is 5.82 Å². The van der Waals surface area contributed by atoms with E-state index in [0.29, 0.717) is 6.54 Å². The molecule has 0 saturated heterocycles. The number of nitrogens with one attached hydrogen (secondary N) is 1. The van der Waals surface area contributed by atoms with Gasteiger partial charge in [-0.15, -0.1) is 0 Å². The highest BCUT2D eigenvalue weighted by Crippen LogP contribution is 2.13. The molecule has 0 radical (unpaired) electrons. The van der Waals surface area contributed by atoms with E-state index in [9.17, 15) is 9.18 Å². The largest absolute Gasteiger partial charge is 0.478 e. The highest BCUT2D eigenvalue weighted by molar-refractivity contribution is 7.98. The topological polar surface area (TPSA) is 62.2 Å². The Labute approximate surface area is 97.3 Å². The van der Waals surface area contributed by atoms with Crippen LogP contribution >= 0.6 is 11.8 Å². The van der Waals surface area contributed by atoms with Crippen molar-refractivity contribution in [2.45, 2.75) is 6.42 Å². The van der Waals surface area contributed by atoms with Crippen LogP contribution in [0.15, 0.2) is 12.3 Å². The van der Waals surface area contributed by atoms with Gasteiger partial charge in [-0.25, -0.2) is 14.2 Å². The number of carboxylic acids is 1. The lowest BCUT2D eigenvalue weighted by Gasteiger charge is -2.07. The molecule has 4 nitrogen and oxygen atoms in total. The first kappa shape index (κ1) is 12.8. The van der Waals surface area contributed by atoms with Gasteiger partial charge in [0.2, 0.25) is 0 Å². The molecule has 1 heterocycles. The second-order valence-electron chi connectivity index (χ2n) is 3.13. The molecule has 2 N–H and O–H groups in total. The SMILES string of the molecule is CSCCCNc1ncc(F)cc1C(=O)O. The molecule has 0 atom stereocenters. The minimum atomic E-state index is -1.18. The third kappa shape index (κ3) is 3.69. The molecular weight excluding hydrogens is 231 g/mol. The lowest BCUT2D eigenvalue weighted by Crippen LogP contribution is -2.10. The summed E-state index contributed by atoms with van der Waals surface area (Å²) in [6.45, 7) is 0.625. The van der Waals surface area contributed by atoms with Crippen molar-refractivity contribution in [3.8, 4) is 0 Å². The van der Waals surface area contributed by atoms with Crippen molar-refractivity contribution in [2.24, 2.45) is 0 Å². The van der Waals surface area contributed by atoms with E-state index in [1.54, 1.807) is 11.8 Å². The average molecular weight is 244 g/mol. The monoisotopic (exact) mass is 244 g/mol. The van der Waals surface area contributed by atoms with E-state index in [4.69, 9.17) is 5.11 Å². The fourth-order valence-corrected chi connectivity index (χ4v) is 1.60. The van der Waals surface area contributed by atoms with E-state index in [0.717, 1.165) is 24.4 Å². The Kier molecular flexibility index (Phi) is 5.04. The van der Waals surface area contributed by atoms with Crippen LogP contribution in [0.4, 0.5) is 10.2 Å². The molecule has 6 heteroatoms. The molecule has 0 aliphatic carbocycles. The van der Waals surface area contributed by atoms with Gasteiger partial charge in [-0.05, 0) is 24.5 Å². The summed E-state index contributed by atoms with van der Waals surface area (Å²) in [5, 5.41) is 11.7. The molecule has 16 heavy (non-hydrogen) atoms. The summed E-state index contributed by atoms with van der Waals surface area (Å²) in [6, 6.07) is 0.965. The highest BCUT2D eigenvalue weighted by Gasteiger charge is 2.12. The lowest BCUT2D eigenvalue weighted by molar-refractivity contribution is 0.0697. The number of carboxylic acid groups (broad SMARTS) is 1. The average Bonchev–Trinajstić information content (AvgIpc) is 2.26. The van der Waals surface area contributed by atoms with Crippen LogP contribution in [0.3, 0.4) is 0 Å². The molecule has 1 aromatic heterocycles. The molecule has 0 aliphatic heterocycles. The van der Waals surface area contributed by atoms with E-state index in [1.807, 2.05) is 6.26 Å². The number of aromatic carboxylic acids is 1. The van der Waals surface area contributed by atoms with Gasteiger partial charge < -0.3 is 10.4 Å². The molecule has 0 bridgehead atoms. The standard InChI is InChI=1S/C10H13FN2O2S/c1-16-4-2-3-12-9-8(10(14)15)5-7(11)6-13-9/h5-6H,2-4H2,1H3,(H,12,13)(H,14,15). The number of rotatable bonds is 6. The zero-order valence-corrected chi connectivity index (χ0v) is 9.68. The van der Waals surface area contributed by atoms with Crippen molar-refractivity contribution in [3.63, 3.8) is 0 Å². The predicted octanol–water partition coefficient (Wildman–Crippen LogP) is 2.08. The number of halogens is 1. The first-order valence-electron chi connectivity index (χ1n) is 4.77. The molecule has 0 amide bonds. The third-order valence-corrected chi connectivity index (χ3v) is 2.60. The molecule has 0 fully saturated rings. The van der Waals surface area contributed by atoms with Gasteiger partial charge >= 0.3 is 5.97 Å². The normalized spacial score (nSPS) is 10.1. The maximum atomic E-state index is 12.8. The molecular formula is C10H13FN2O2S. The third-order valence-electron chi connectivity index (χ3n) is 1.90. The number of carbonyl (C=O) groups is 1. The Morgan fingerprint density at radius 1 is 1.69 bits per heavy atom. The Morgan fingerprint density at radius 3 is 3.06 bits per heavy atom. The van der Waals surface area contributed by atoms with Gasteiger partial charge in [-0.2, -0.15) is 11.8 Å². The summed E-state index contributed by atoms with van der Waals surface area (Å²) in [5.74, 6) is -0.627. The smallest absolute Gasteiger partial charge is 0.339 e. The first-order chi connectivity index (χ1) is 7.65. The van der Waals surface area contributed by atoms with Crippen LogP contribution in [0.25, 0.3) is 0 Å². The molecule has 88 valence electrons. The molecule has 0 unspecified atom stereocenters. The van der Waals surface area contributed by atoms with Crippen molar-refractivity contribution in [1.29, 1.82) is 0 Å². The Bertz CT molecular complexity index is 374. The van der Waals surface area contributed by atoms with Gasteiger partial charge in [0.05, 0.1) is 6.20 Å². The van der Waals surface area contributed by atoms with Crippen LogP contribution in [-0.2, 0) is 0 Å². The number of nitrogens with zero attached hydrogens (tertiary/aromatic N) is 1. The van der Waals surface area contributed by atoms with Crippen molar-refractivity contribution in [2.75, 3.05) is 23.9 Å². The van der Waals surface area contributed by atoms with Gasteiger partial charge in [0.25, 0.3) is 0 Å². The summed E-state index contributed by atoms with van der Waals surface area (Å²) >= 11 is 1.71. The number of anilines is 1. The fraction of sp³-hybridized carbons (Fsp3) is 0.400. The predicted molar refractivity (Wildman–Crippen MR) is 62.6 cm³/mol. The van der Waals surface area contributed by atoms with Crippen LogP contribution in [0.1, 0.15) is 16.8 Å². The Hall–Kier alpha value is -1.30. The van der Waals surface area contributed by atoms with Crippen molar-refractivity contribution < 1.29 is 14.3 Å². The highest BCUT2D eigenvalue weighted by atomic mass is 32.2. The van der Waals surface area contributed by atoms with Gasteiger partial charge in [0.1, 0.15) is 17.2 Å². The minimum absolute atomic E-state index is 0.135. The van der Waals surface area contributed by atoms with Crippen LogP contribution < -0.4 is 5.32 Å². The van der Waals surface area contributed by atoms with E-state index in [1.165, 1.54) is 0 Å². The van der Waals surface area contributed by atoms with Gasteiger partial charge in [-0.3, -0.25) is 0 Å². The number of hydrogen-bond donors (Lipinski definition) is 2. The van der Waals surface area contributed by atoms with Gasteiger partial charge in [0, 0.05) is 6.54 Å². The zero-order chi connectivity index (χ0) is 12.0. The second-order valence-corrected chi connectivity index (χ2v) is 4.11. The van der Waals surface area contributed by atoms with Gasteiger partial charge in [0.15, 0.2) is 0 Å². The van der Waals surface area contributed by atoms with E-state index in [2.05, 4.69) is 10.3 Å². The Morgan fingerprint density at radius 2 is 2.44 bits per heavy atom. The van der Waals surface area contributed by atoms with Crippen molar-refractivity contribution >= 4 is 23.5 Å². The number of hydrogen-bond acceptors (Lipinski definition) is 4. The molecule has 0 aliphatic rings. The van der Waals surface area contributed by atoms with Crippen molar-refractivity contribution in [3.05, 3.63) is 23.6 Å². The summed E-state index contributed by atoms with van der Waals surface area (Å²) in [5.41, 5.74) is -0.135.